The van der Waals surface area contributed by atoms with Gasteiger partial charge in [0.15, 0.2) is 0 Å². The molecule has 1 N–H and O–H groups in total. The number of aromatic nitrogens is 1. The third kappa shape index (κ3) is 2.16. The third-order valence-corrected chi connectivity index (χ3v) is 5.41. The first-order valence-corrected chi connectivity index (χ1v) is 8.19. The van der Waals surface area contributed by atoms with E-state index in [1.54, 1.807) is 5.57 Å². The molecule has 3 saturated heterocycles. The van der Waals surface area contributed by atoms with Crippen molar-refractivity contribution in [2.45, 2.75) is 31.9 Å². The van der Waals surface area contributed by atoms with E-state index in [1.807, 2.05) is 30.5 Å². The predicted octanol–water partition coefficient (Wildman–Crippen LogP) is 3.31. The number of benzene rings is 1. The van der Waals surface area contributed by atoms with Gasteiger partial charge in [0, 0.05) is 24.2 Å². The standard InChI is InChI=1S/C19H22N2O/c1-2-13-12-21-10-8-14(13)11-18(21)19(22)16-7-9-20-17-6-4-3-5-15(16)17/h2-7,9,14,18-19,22H,8,10-12H2,1H3/b13-2+/t14?,18-,19+/m1/s1. The van der Waals surface area contributed by atoms with Gasteiger partial charge < -0.3 is 5.11 Å². The maximum Gasteiger partial charge on any atom is 0.0952 e. The molecule has 4 atom stereocenters. The molecule has 0 spiro atoms. The lowest BCUT2D eigenvalue weighted by atomic mass is 9.76. The molecule has 1 aromatic heterocycles. The Labute approximate surface area is 131 Å². The van der Waals surface area contributed by atoms with Crippen LogP contribution in [0.5, 0.6) is 0 Å². The van der Waals surface area contributed by atoms with E-state index in [4.69, 9.17) is 0 Å². The van der Waals surface area contributed by atoms with E-state index >= 15 is 0 Å². The molecule has 2 aromatic rings. The Bertz CT molecular complexity index is 719. The highest BCUT2D eigenvalue weighted by atomic mass is 16.3. The molecular formula is C19H22N2O. The van der Waals surface area contributed by atoms with E-state index in [0.29, 0.717) is 5.92 Å². The molecule has 5 rings (SSSR count). The quantitative estimate of drug-likeness (QED) is 0.863. The van der Waals surface area contributed by atoms with Crippen LogP contribution in [0.25, 0.3) is 10.9 Å². The number of aliphatic hydroxyl groups is 1. The van der Waals surface area contributed by atoms with E-state index in [9.17, 15) is 5.11 Å². The van der Waals surface area contributed by atoms with E-state index in [0.717, 1.165) is 36.0 Å². The lowest BCUT2D eigenvalue weighted by Crippen LogP contribution is -2.52. The van der Waals surface area contributed by atoms with Crippen LogP contribution < -0.4 is 0 Å². The molecular weight excluding hydrogens is 272 g/mol. The van der Waals surface area contributed by atoms with Gasteiger partial charge >= 0.3 is 0 Å². The Morgan fingerprint density at radius 2 is 2.18 bits per heavy atom. The minimum Gasteiger partial charge on any atom is -0.387 e. The van der Waals surface area contributed by atoms with Gasteiger partial charge in [-0.3, -0.25) is 9.88 Å². The molecule has 2 unspecified atom stereocenters. The molecule has 3 aliphatic rings. The van der Waals surface area contributed by atoms with Crippen LogP contribution in [0.4, 0.5) is 0 Å². The summed E-state index contributed by atoms with van der Waals surface area (Å²) in [6, 6.07) is 10.3. The first-order chi connectivity index (χ1) is 10.8. The third-order valence-electron chi connectivity index (χ3n) is 5.41. The SMILES string of the molecule is C/C=C1\CN2CCC1C[C@@H]2[C@@H](O)c1ccnc2ccccc12. The van der Waals surface area contributed by atoms with Crippen molar-refractivity contribution in [3.63, 3.8) is 0 Å². The zero-order valence-corrected chi connectivity index (χ0v) is 12.9. The smallest absolute Gasteiger partial charge is 0.0952 e. The Balaban J connectivity index is 1.68. The summed E-state index contributed by atoms with van der Waals surface area (Å²) in [5, 5.41) is 12.1. The summed E-state index contributed by atoms with van der Waals surface area (Å²) in [4.78, 5) is 6.86. The summed E-state index contributed by atoms with van der Waals surface area (Å²) >= 11 is 0. The molecule has 3 aliphatic heterocycles. The average molecular weight is 294 g/mol. The fourth-order valence-electron chi connectivity index (χ4n) is 4.18. The van der Waals surface area contributed by atoms with Gasteiger partial charge in [0.2, 0.25) is 0 Å². The molecule has 1 aromatic carbocycles. The van der Waals surface area contributed by atoms with Crippen molar-refractivity contribution in [3.8, 4) is 0 Å². The summed E-state index contributed by atoms with van der Waals surface area (Å²) < 4.78 is 0. The number of aliphatic hydroxyl groups excluding tert-OH is 1. The zero-order valence-electron chi connectivity index (χ0n) is 12.9. The average Bonchev–Trinajstić information content (AvgIpc) is 2.60. The summed E-state index contributed by atoms with van der Waals surface area (Å²) in [5.41, 5.74) is 3.53. The van der Waals surface area contributed by atoms with Crippen LogP contribution in [0.2, 0.25) is 0 Å². The van der Waals surface area contributed by atoms with Crippen molar-refractivity contribution in [1.82, 2.24) is 9.88 Å². The number of pyridine rings is 1. The van der Waals surface area contributed by atoms with Crippen LogP contribution in [0, 0.1) is 5.92 Å². The van der Waals surface area contributed by atoms with Crippen molar-refractivity contribution < 1.29 is 5.11 Å². The largest absolute Gasteiger partial charge is 0.387 e. The molecule has 3 heteroatoms. The monoisotopic (exact) mass is 294 g/mol. The Morgan fingerprint density at radius 3 is 2.95 bits per heavy atom. The minimum absolute atomic E-state index is 0.230. The Kier molecular flexibility index (Phi) is 3.47. The summed E-state index contributed by atoms with van der Waals surface area (Å²) in [6.07, 6.45) is 5.95. The van der Waals surface area contributed by atoms with Crippen molar-refractivity contribution in [2.75, 3.05) is 13.1 Å². The van der Waals surface area contributed by atoms with Gasteiger partial charge in [0.1, 0.15) is 0 Å². The van der Waals surface area contributed by atoms with Crippen LogP contribution in [-0.2, 0) is 0 Å². The molecule has 3 fully saturated rings. The maximum absolute atomic E-state index is 11.0. The molecule has 4 heterocycles. The second-order valence-electron chi connectivity index (χ2n) is 6.48. The highest BCUT2D eigenvalue weighted by molar-refractivity contribution is 5.82. The van der Waals surface area contributed by atoms with Crippen LogP contribution in [0.3, 0.4) is 0 Å². The van der Waals surface area contributed by atoms with E-state index in [1.165, 1.54) is 6.42 Å². The van der Waals surface area contributed by atoms with E-state index in [2.05, 4.69) is 29.0 Å². The molecule has 22 heavy (non-hydrogen) atoms. The Hall–Kier alpha value is -1.71. The minimum atomic E-state index is -0.436. The number of rotatable bonds is 2. The maximum atomic E-state index is 11.0. The fourth-order valence-corrected chi connectivity index (χ4v) is 4.18. The van der Waals surface area contributed by atoms with Crippen molar-refractivity contribution in [1.29, 1.82) is 0 Å². The summed E-state index contributed by atoms with van der Waals surface area (Å²) in [5.74, 6) is 0.655. The number of fused-ring (bicyclic) bond motifs is 4. The van der Waals surface area contributed by atoms with Gasteiger partial charge in [-0.25, -0.2) is 0 Å². The van der Waals surface area contributed by atoms with Crippen molar-refractivity contribution >= 4 is 10.9 Å². The first kappa shape index (κ1) is 13.9. The topological polar surface area (TPSA) is 36.4 Å². The van der Waals surface area contributed by atoms with Crippen LogP contribution in [-0.4, -0.2) is 34.1 Å². The number of hydrogen-bond donors (Lipinski definition) is 1. The Morgan fingerprint density at radius 1 is 1.32 bits per heavy atom. The second kappa shape index (κ2) is 5.49. The van der Waals surface area contributed by atoms with Gasteiger partial charge in [0.25, 0.3) is 0 Å². The van der Waals surface area contributed by atoms with Gasteiger partial charge in [0.05, 0.1) is 11.6 Å². The van der Waals surface area contributed by atoms with Crippen LogP contribution in [0.15, 0.2) is 48.2 Å². The van der Waals surface area contributed by atoms with Crippen molar-refractivity contribution in [2.24, 2.45) is 5.92 Å². The van der Waals surface area contributed by atoms with Gasteiger partial charge in [-0.15, -0.1) is 0 Å². The van der Waals surface area contributed by atoms with Gasteiger partial charge in [-0.2, -0.15) is 0 Å². The number of hydrogen-bond acceptors (Lipinski definition) is 3. The number of para-hydroxylation sites is 1. The molecule has 114 valence electrons. The van der Waals surface area contributed by atoms with Gasteiger partial charge in [-0.05, 0) is 49.9 Å². The lowest BCUT2D eigenvalue weighted by molar-refractivity contribution is -0.00340. The number of nitrogens with zero attached hydrogens (tertiary/aromatic N) is 2. The molecule has 2 bridgehead atoms. The summed E-state index contributed by atoms with van der Waals surface area (Å²) in [6.45, 7) is 4.26. The molecule has 0 amide bonds. The van der Waals surface area contributed by atoms with Crippen LogP contribution in [0.1, 0.15) is 31.4 Å². The fraction of sp³-hybridized carbons (Fsp3) is 0.421. The molecule has 3 nitrogen and oxygen atoms in total. The van der Waals surface area contributed by atoms with Crippen molar-refractivity contribution in [3.05, 3.63) is 53.7 Å². The normalized spacial score (nSPS) is 30.8. The van der Waals surface area contributed by atoms with Gasteiger partial charge in [-0.1, -0.05) is 29.8 Å². The zero-order chi connectivity index (χ0) is 15.1. The lowest BCUT2D eigenvalue weighted by Gasteiger charge is -2.48. The molecule has 0 aliphatic carbocycles. The summed E-state index contributed by atoms with van der Waals surface area (Å²) in [7, 11) is 0. The number of allylic oxidation sites excluding steroid dienone is 1. The number of piperidine rings is 3. The highest BCUT2D eigenvalue weighted by Crippen LogP contribution is 2.41. The predicted molar refractivity (Wildman–Crippen MR) is 88.5 cm³/mol. The molecule has 0 radical (unpaired) electrons. The van der Waals surface area contributed by atoms with E-state index < -0.39 is 6.10 Å². The molecule has 0 saturated carbocycles. The second-order valence-corrected chi connectivity index (χ2v) is 6.48. The first-order valence-electron chi connectivity index (χ1n) is 8.19. The van der Waals surface area contributed by atoms with E-state index in [-0.39, 0.29) is 6.04 Å². The highest BCUT2D eigenvalue weighted by Gasteiger charge is 2.40. The van der Waals surface area contributed by atoms with Crippen LogP contribution >= 0.6 is 0 Å².